The Bertz CT molecular complexity index is 328. The molecule has 1 aliphatic rings. The highest BCUT2D eigenvalue weighted by atomic mass is 15.3. The smallest absolute Gasteiger partial charge is 0.138 e. The second kappa shape index (κ2) is 6.15. The van der Waals surface area contributed by atoms with Gasteiger partial charge >= 0.3 is 0 Å². The number of hydrogen-bond donors (Lipinski definition) is 1. The topological polar surface area (TPSA) is 42.7 Å². The molecule has 2 rings (SSSR count). The van der Waals surface area contributed by atoms with Crippen molar-refractivity contribution in [1.82, 2.24) is 20.1 Å². The Hall–Kier alpha value is -0.900. The molecule has 1 aliphatic carbocycles. The molecular formula is C13H24N4. The van der Waals surface area contributed by atoms with Crippen molar-refractivity contribution in [3.8, 4) is 0 Å². The molecule has 0 radical (unpaired) electrons. The number of aromatic nitrogens is 3. The number of rotatable bonds is 6. The zero-order valence-corrected chi connectivity index (χ0v) is 11.0. The van der Waals surface area contributed by atoms with E-state index in [0.717, 1.165) is 37.2 Å². The van der Waals surface area contributed by atoms with Crippen LogP contribution < -0.4 is 5.32 Å². The van der Waals surface area contributed by atoms with Crippen molar-refractivity contribution in [3.63, 3.8) is 0 Å². The Morgan fingerprint density at radius 3 is 2.88 bits per heavy atom. The van der Waals surface area contributed by atoms with Crippen molar-refractivity contribution in [1.29, 1.82) is 0 Å². The molecule has 17 heavy (non-hydrogen) atoms. The van der Waals surface area contributed by atoms with Gasteiger partial charge in [-0.2, -0.15) is 5.10 Å². The van der Waals surface area contributed by atoms with Crippen LogP contribution >= 0.6 is 0 Å². The lowest BCUT2D eigenvalue weighted by molar-refractivity contribution is 0.318. The molecule has 1 unspecified atom stereocenters. The van der Waals surface area contributed by atoms with E-state index in [1.807, 2.05) is 11.7 Å². The lowest BCUT2D eigenvalue weighted by Crippen LogP contribution is -2.27. The van der Waals surface area contributed by atoms with Gasteiger partial charge < -0.3 is 5.32 Å². The average molecular weight is 236 g/mol. The van der Waals surface area contributed by atoms with Gasteiger partial charge in [-0.05, 0) is 32.4 Å². The van der Waals surface area contributed by atoms with Gasteiger partial charge in [0.25, 0.3) is 0 Å². The van der Waals surface area contributed by atoms with E-state index in [2.05, 4.69) is 22.3 Å². The molecule has 1 aromatic rings. The van der Waals surface area contributed by atoms with Crippen LogP contribution in [0, 0.1) is 11.8 Å². The summed E-state index contributed by atoms with van der Waals surface area (Å²) < 4.78 is 2.03. The van der Waals surface area contributed by atoms with Gasteiger partial charge in [-0.15, -0.1) is 0 Å². The Morgan fingerprint density at radius 1 is 1.47 bits per heavy atom. The first-order valence-electron chi connectivity index (χ1n) is 6.86. The minimum Gasteiger partial charge on any atom is -0.319 e. The zero-order valence-electron chi connectivity index (χ0n) is 11.0. The summed E-state index contributed by atoms with van der Waals surface area (Å²) >= 11 is 0. The Morgan fingerprint density at radius 2 is 2.24 bits per heavy atom. The number of nitrogens with one attached hydrogen (secondary N) is 1. The van der Waals surface area contributed by atoms with Crippen LogP contribution in [-0.2, 0) is 13.0 Å². The van der Waals surface area contributed by atoms with Crippen LogP contribution in [0.25, 0.3) is 0 Å². The molecule has 0 aliphatic heterocycles. The fourth-order valence-corrected chi connectivity index (χ4v) is 3.04. The van der Waals surface area contributed by atoms with E-state index in [1.54, 1.807) is 6.33 Å². The summed E-state index contributed by atoms with van der Waals surface area (Å²) in [5, 5.41) is 7.60. The molecule has 0 spiro atoms. The molecule has 1 aromatic heterocycles. The van der Waals surface area contributed by atoms with E-state index in [1.165, 1.54) is 25.7 Å². The summed E-state index contributed by atoms with van der Waals surface area (Å²) in [5.74, 6) is 2.75. The second-order valence-electron chi connectivity index (χ2n) is 5.06. The molecule has 1 fully saturated rings. The Balaban J connectivity index is 2.01. The molecule has 0 aromatic carbocycles. The molecule has 0 amide bonds. The van der Waals surface area contributed by atoms with Crippen LogP contribution in [0.15, 0.2) is 6.33 Å². The molecule has 1 N–H and O–H groups in total. The molecule has 1 heterocycles. The van der Waals surface area contributed by atoms with E-state index in [9.17, 15) is 0 Å². The SMILES string of the molecule is CCn1ncnc1CC(CNC)C1CCCC1. The predicted molar refractivity (Wildman–Crippen MR) is 68.8 cm³/mol. The summed E-state index contributed by atoms with van der Waals surface area (Å²) in [5.41, 5.74) is 0. The molecular weight excluding hydrogens is 212 g/mol. The molecule has 0 saturated heterocycles. The van der Waals surface area contributed by atoms with Crippen molar-refractivity contribution in [2.24, 2.45) is 11.8 Å². The highest BCUT2D eigenvalue weighted by Gasteiger charge is 2.25. The van der Waals surface area contributed by atoms with Crippen LogP contribution in [0.3, 0.4) is 0 Å². The third-order valence-corrected chi connectivity index (χ3v) is 3.97. The van der Waals surface area contributed by atoms with Gasteiger partial charge in [0.1, 0.15) is 12.2 Å². The van der Waals surface area contributed by atoms with Crippen LogP contribution in [0.2, 0.25) is 0 Å². The first-order chi connectivity index (χ1) is 8.35. The monoisotopic (exact) mass is 236 g/mol. The summed E-state index contributed by atoms with van der Waals surface area (Å²) in [6.07, 6.45) is 8.36. The van der Waals surface area contributed by atoms with Gasteiger partial charge in [0.05, 0.1) is 0 Å². The van der Waals surface area contributed by atoms with Crippen molar-refractivity contribution >= 4 is 0 Å². The molecule has 4 nitrogen and oxygen atoms in total. The van der Waals surface area contributed by atoms with Crippen LogP contribution in [0.4, 0.5) is 0 Å². The fraction of sp³-hybridized carbons (Fsp3) is 0.846. The van der Waals surface area contributed by atoms with Crippen molar-refractivity contribution in [3.05, 3.63) is 12.2 Å². The second-order valence-corrected chi connectivity index (χ2v) is 5.06. The molecule has 1 atom stereocenters. The minimum atomic E-state index is 0.719. The highest BCUT2D eigenvalue weighted by molar-refractivity contribution is 4.90. The maximum absolute atomic E-state index is 4.40. The third-order valence-electron chi connectivity index (χ3n) is 3.97. The minimum absolute atomic E-state index is 0.719. The molecule has 0 bridgehead atoms. The largest absolute Gasteiger partial charge is 0.319 e. The predicted octanol–water partition coefficient (Wildman–Crippen LogP) is 1.87. The Kier molecular flexibility index (Phi) is 4.54. The van der Waals surface area contributed by atoms with Gasteiger partial charge in [0, 0.05) is 13.0 Å². The fourth-order valence-electron chi connectivity index (χ4n) is 3.04. The van der Waals surface area contributed by atoms with E-state index in [-0.39, 0.29) is 0 Å². The van der Waals surface area contributed by atoms with Gasteiger partial charge in [-0.3, -0.25) is 4.68 Å². The lowest BCUT2D eigenvalue weighted by Gasteiger charge is -2.22. The summed E-state index contributed by atoms with van der Waals surface area (Å²) in [6.45, 7) is 4.15. The third kappa shape index (κ3) is 3.06. The first-order valence-corrected chi connectivity index (χ1v) is 6.86. The molecule has 96 valence electrons. The number of hydrogen-bond acceptors (Lipinski definition) is 3. The van der Waals surface area contributed by atoms with Crippen LogP contribution in [0.1, 0.15) is 38.4 Å². The normalized spacial score (nSPS) is 18.7. The summed E-state index contributed by atoms with van der Waals surface area (Å²) in [6, 6.07) is 0. The van der Waals surface area contributed by atoms with Crippen LogP contribution in [0.5, 0.6) is 0 Å². The maximum atomic E-state index is 4.40. The highest BCUT2D eigenvalue weighted by Crippen LogP contribution is 2.32. The van der Waals surface area contributed by atoms with E-state index in [4.69, 9.17) is 0 Å². The van der Waals surface area contributed by atoms with Crippen molar-refractivity contribution in [2.75, 3.05) is 13.6 Å². The van der Waals surface area contributed by atoms with E-state index >= 15 is 0 Å². The lowest BCUT2D eigenvalue weighted by atomic mass is 9.88. The van der Waals surface area contributed by atoms with Gasteiger partial charge in [0.2, 0.25) is 0 Å². The number of aryl methyl sites for hydroxylation is 1. The maximum Gasteiger partial charge on any atom is 0.138 e. The van der Waals surface area contributed by atoms with E-state index in [0.29, 0.717) is 0 Å². The molecule has 1 saturated carbocycles. The van der Waals surface area contributed by atoms with E-state index < -0.39 is 0 Å². The van der Waals surface area contributed by atoms with Gasteiger partial charge in [-0.1, -0.05) is 25.7 Å². The van der Waals surface area contributed by atoms with Crippen molar-refractivity contribution < 1.29 is 0 Å². The van der Waals surface area contributed by atoms with Gasteiger partial charge in [-0.25, -0.2) is 4.98 Å². The average Bonchev–Trinajstić information content (AvgIpc) is 2.99. The van der Waals surface area contributed by atoms with Crippen molar-refractivity contribution in [2.45, 2.75) is 45.6 Å². The summed E-state index contributed by atoms with van der Waals surface area (Å²) in [7, 11) is 2.05. The van der Waals surface area contributed by atoms with Gasteiger partial charge in [0.15, 0.2) is 0 Å². The zero-order chi connectivity index (χ0) is 12.1. The van der Waals surface area contributed by atoms with Crippen LogP contribution in [-0.4, -0.2) is 28.4 Å². The standard InChI is InChI=1S/C13H24N4/c1-3-17-13(15-10-16-17)8-12(9-14-2)11-6-4-5-7-11/h10-12,14H,3-9H2,1-2H3. The Labute approximate surface area is 104 Å². The first kappa shape index (κ1) is 12.6. The summed E-state index contributed by atoms with van der Waals surface area (Å²) in [4.78, 5) is 4.40. The number of nitrogens with zero attached hydrogens (tertiary/aromatic N) is 3. The molecule has 4 heteroatoms. The quantitative estimate of drug-likeness (QED) is 0.820.